The van der Waals surface area contributed by atoms with E-state index in [-0.39, 0.29) is 21.0 Å². The molecule has 0 fully saturated rings. The maximum absolute atomic E-state index is 15.4. The van der Waals surface area contributed by atoms with Crippen LogP contribution in [-0.2, 0) is 10.0 Å². The van der Waals surface area contributed by atoms with E-state index < -0.39 is 27.3 Å². The minimum atomic E-state index is -4.18. The first-order valence-corrected chi connectivity index (χ1v) is 11.9. The molecule has 5 aromatic rings. The van der Waals surface area contributed by atoms with Crippen molar-refractivity contribution in [1.82, 2.24) is 20.2 Å². The number of aryl methyl sites for hydroxylation is 1. The first-order valence-electron chi connectivity index (χ1n) is 10.00. The highest BCUT2D eigenvalue weighted by Gasteiger charge is 2.23. The van der Waals surface area contributed by atoms with Crippen LogP contribution in [0.5, 0.6) is 0 Å². The van der Waals surface area contributed by atoms with Gasteiger partial charge in [-0.3, -0.25) is 9.82 Å². The van der Waals surface area contributed by atoms with Crippen LogP contribution >= 0.6 is 11.6 Å². The van der Waals surface area contributed by atoms with E-state index in [0.717, 1.165) is 12.1 Å². The quantitative estimate of drug-likeness (QED) is 0.290. The highest BCUT2D eigenvalue weighted by Crippen LogP contribution is 2.35. The lowest BCUT2D eigenvalue weighted by Gasteiger charge is -2.14. The molecule has 5 rings (SSSR count). The van der Waals surface area contributed by atoms with E-state index in [2.05, 4.69) is 24.9 Å². The third kappa shape index (κ3) is 3.80. The van der Waals surface area contributed by atoms with Gasteiger partial charge in [0.25, 0.3) is 10.0 Å². The number of rotatable bonds is 5. The first-order chi connectivity index (χ1) is 16.2. The second-order valence-electron chi connectivity index (χ2n) is 7.57. The zero-order valence-corrected chi connectivity index (χ0v) is 19.1. The van der Waals surface area contributed by atoms with E-state index in [1.165, 1.54) is 18.2 Å². The second-order valence-corrected chi connectivity index (χ2v) is 9.66. The summed E-state index contributed by atoms with van der Waals surface area (Å²) in [4.78, 5) is 7.03. The van der Waals surface area contributed by atoms with Crippen LogP contribution in [0.25, 0.3) is 33.5 Å². The van der Waals surface area contributed by atoms with Crippen molar-refractivity contribution in [2.24, 2.45) is 0 Å². The van der Waals surface area contributed by atoms with Gasteiger partial charge in [-0.1, -0.05) is 23.7 Å². The molecule has 11 heteroatoms. The van der Waals surface area contributed by atoms with Gasteiger partial charge in [0.05, 0.1) is 21.7 Å². The van der Waals surface area contributed by atoms with Gasteiger partial charge in [-0.05, 0) is 54.4 Å². The largest absolute Gasteiger partial charge is 0.343 e. The summed E-state index contributed by atoms with van der Waals surface area (Å²) < 4.78 is 58.2. The number of H-pyrrole nitrogens is 2. The average molecular weight is 500 g/mol. The van der Waals surface area contributed by atoms with Crippen LogP contribution in [0.15, 0.2) is 65.8 Å². The molecule has 0 radical (unpaired) electrons. The molecule has 0 atom stereocenters. The van der Waals surface area contributed by atoms with Crippen molar-refractivity contribution in [2.75, 3.05) is 4.72 Å². The lowest BCUT2D eigenvalue weighted by Crippen LogP contribution is -2.15. The first kappa shape index (κ1) is 22.1. The van der Waals surface area contributed by atoms with Gasteiger partial charge in [0.1, 0.15) is 11.5 Å². The van der Waals surface area contributed by atoms with E-state index in [1.54, 1.807) is 37.5 Å². The van der Waals surface area contributed by atoms with Gasteiger partial charge < -0.3 is 4.98 Å². The van der Waals surface area contributed by atoms with Crippen molar-refractivity contribution in [3.63, 3.8) is 0 Å². The van der Waals surface area contributed by atoms with Gasteiger partial charge in [-0.2, -0.15) is 5.10 Å². The van der Waals surface area contributed by atoms with E-state index in [0.29, 0.717) is 28.0 Å². The molecule has 0 amide bonds. The summed E-state index contributed by atoms with van der Waals surface area (Å²) in [5, 5.41) is 7.97. The number of benzene rings is 3. The molecule has 0 aliphatic carbocycles. The number of imidazole rings is 1. The summed E-state index contributed by atoms with van der Waals surface area (Å²) in [7, 11) is -4.18. The third-order valence-corrected chi connectivity index (χ3v) is 7.09. The second kappa shape index (κ2) is 8.23. The Morgan fingerprint density at radius 1 is 1.06 bits per heavy atom. The molecule has 0 saturated carbocycles. The van der Waals surface area contributed by atoms with Crippen molar-refractivity contribution < 1.29 is 17.2 Å². The molecule has 0 aliphatic heterocycles. The number of aromatic amines is 2. The average Bonchev–Trinajstić information content (AvgIpc) is 3.47. The Labute approximate surface area is 197 Å². The van der Waals surface area contributed by atoms with Crippen molar-refractivity contribution >= 4 is 38.2 Å². The fourth-order valence-corrected chi connectivity index (χ4v) is 5.28. The number of hydrogen-bond donors (Lipinski definition) is 3. The molecule has 0 unspecified atom stereocenters. The Morgan fingerprint density at radius 3 is 2.65 bits per heavy atom. The normalized spacial score (nSPS) is 11.8. The molecule has 0 saturated heterocycles. The number of halogens is 3. The van der Waals surface area contributed by atoms with Gasteiger partial charge in [0.2, 0.25) is 0 Å². The maximum Gasteiger partial charge on any atom is 0.262 e. The number of nitrogens with one attached hydrogen (secondary N) is 3. The van der Waals surface area contributed by atoms with Crippen LogP contribution in [0.1, 0.15) is 5.56 Å². The molecule has 2 heterocycles. The van der Waals surface area contributed by atoms with Gasteiger partial charge >= 0.3 is 0 Å². The van der Waals surface area contributed by atoms with Crippen LogP contribution in [0.2, 0.25) is 5.02 Å². The Kier molecular flexibility index (Phi) is 5.34. The van der Waals surface area contributed by atoms with Gasteiger partial charge in [0.15, 0.2) is 11.6 Å². The zero-order chi connectivity index (χ0) is 24.0. The number of sulfonamides is 1. The third-order valence-electron chi connectivity index (χ3n) is 5.35. The number of fused-ring (bicyclic) bond motifs is 1. The lowest BCUT2D eigenvalue weighted by molar-refractivity contribution is 0.587. The number of hydrogen-bond acceptors (Lipinski definition) is 4. The Morgan fingerprint density at radius 2 is 1.88 bits per heavy atom. The highest BCUT2D eigenvalue weighted by atomic mass is 35.5. The van der Waals surface area contributed by atoms with Crippen LogP contribution in [-0.4, -0.2) is 28.6 Å². The number of aromatic nitrogens is 4. The van der Waals surface area contributed by atoms with E-state index in [1.807, 2.05) is 0 Å². The molecule has 0 spiro atoms. The molecule has 2 aromatic heterocycles. The number of nitrogens with zero attached hydrogens (tertiary/aromatic N) is 2. The molecule has 0 aliphatic rings. The van der Waals surface area contributed by atoms with Crippen molar-refractivity contribution in [1.29, 1.82) is 0 Å². The Bertz CT molecular complexity index is 1650. The predicted octanol–water partition coefficient (Wildman–Crippen LogP) is 5.66. The Balaban J connectivity index is 1.56. The topological polar surface area (TPSA) is 104 Å². The summed E-state index contributed by atoms with van der Waals surface area (Å²) in [5.74, 6) is -1.35. The molecule has 3 N–H and O–H groups in total. The van der Waals surface area contributed by atoms with Gasteiger partial charge in [-0.25, -0.2) is 22.2 Å². The minimum Gasteiger partial charge on any atom is -0.343 e. The van der Waals surface area contributed by atoms with Gasteiger partial charge in [0, 0.05) is 22.8 Å². The fraction of sp³-hybridized carbons (Fsp3) is 0.0435. The lowest BCUT2D eigenvalue weighted by atomic mass is 10.0. The zero-order valence-electron chi connectivity index (χ0n) is 17.5. The molecule has 7 nitrogen and oxygen atoms in total. The van der Waals surface area contributed by atoms with E-state index in [4.69, 9.17) is 11.6 Å². The molecule has 172 valence electrons. The summed E-state index contributed by atoms with van der Waals surface area (Å²) in [6, 6.07) is 11.1. The number of anilines is 1. The molecule has 3 aromatic carbocycles. The molecular weight excluding hydrogens is 484 g/mol. The fourth-order valence-electron chi connectivity index (χ4n) is 3.71. The van der Waals surface area contributed by atoms with Crippen LogP contribution < -0.4 is 4.72 Å². The molecule has 0 bridgehead atoms. The van der Waals surface area contributed by atoms with Crippen LogP contribution in [0.3, 0.4) is 0 Å². The summed E-state index contributed by atoms with van der Waals surface area (Å²) in [6.07, 6.45) is 3.25. The molecule has 34 heavy (non-hydrogen) atoms. The predicted molar refractivity (Wildman–Crippen MR) is 126 cm³/mol. The standard InChI is InChI=1S/C23H16ClF2N5O2S/c1-12-2-4-14(24)11-19(12)34(32,33)31-17-7-6-16(25)20(21(17)26)13-3-5-15-18(10-13)29-30-22(15)23-27-8-9-28-23/h2-11,31H,1H3,(H,27,28)(H,29,30). The summed E-state index contributed by atoms with van der Waals surface area (Å²) >= 11 is 5.94. The van der Waals surface area contributed by atoms with Crippen molar-refractivity contribution in [3.8, 4) is 22.6 Å². The summed E-state index contributed by atoms with van der Waals surface area (Å²) in [5.41, 5.74) is 0.957. The van der Waals surface area contributed by atoms with Gasteiger partial charge in [-0.15, -0.1) is 0 Å². The summed E-state index contributed by atoms with van der Waals surface area (Å²) in [6.45, 7) is 1.59. The Hall–Kier alpha value is -3.76. The van der Waals surface area contributed by atoms with E-state index in [9.17, 15) is 12.8 Å². The molecular formula is C23H16ClF2N5O2S. The van der Waals surface area contributed by atoms with Crippen molar-refractivity contribution in [2.45, 2.75) is 11.8 Å². The van der Waals surface area contributed by atoms with E-state index >= 15 is 4.39 Å². The van der Waals surface area contributed by atoms with Crippen LogP contribution in [0.4, 0.5) is 14.5 Å². The van der Waals surface area contributed by atoms with Crippen LogP contribution in [0, 0.1) is 18.6 Å². The smallest absolute Gasteiger partial charge is 0.262 e. The highest BCUT2D eigenvalue weighted by molar-refractivity contribution is 7.92. The SMILES string of the molecule is Cc1ccc(Cl)cc1S(=O)(=O)Nc1ccc(F)c(-c2ccc3c(-c4ncc[nH]4)n[nH]c3c2)c1F. The monoisotopic (exact) mass is 499 g/mol. The maximum atomic E-state index is 15.4. The van der Waals surface area contributed by atoms with Crippen molar-refractivity contribution in [3.05, 3.63) is 83.1 Å². The minimum absolute atomic E-state index is 0.102.